The van der Waals surface area contributed by atoms with Crippen molar-refractivity contribution in [3.05, 3.63) is 41.5 Å². The van der Waals surface area contributed by atoms with Crippen LogP contribution in [0.25, 0.3) is 0 Å². The normalized spacial score (nSPS) is 19.0. The van der Waals surface area contributed by atoms with Gasteiger partial charge in [-0.2, -0.15) is 0 Å². The number of benzene rings is 2. The van der Waals surface area contributed by atoms with E-state index in [-0.39, 0.29) is 18.3 Å². The van der Waals surface area contributed by atoms with Gasteiger partial charge < -0.3 is 34.3 Å². The van der Waals surface area contributed by atoms with Gasteiger partial charge in [0.2, 0.25) is 11.5 Å². The van der Waals surface area contributed by atoms with Crippen molar-refractivity contribution < 1.29 is 28.5 Å². The standard InChI is InChI=1S/C24H30N2O6.ClH/c1-28-21-19(24(27)26-11-16-13-31-14-17(16)12-26)10-20(22(29-2)23(21)30-3)32-18-6-4-15(5-7-18)8-9-25;/h4-7,10,16-17H,8-9,11-14,25H2,1-3H3;1H/t16-,17+;. The van der Waals surface area contributed by atoms with Crippen LogP contribution in [0.1, 0.15) is 15.9 Å². The van der Waals surface area contributed by atoms with Crippen LogP contribution < -0.4 is 24.7 Å². The lowest BCUT2D eigenvalue weighted by Crippen LogP contribution is -2.30. The Kier molecular flexibility index (Phi) is 8.29. The van der Waals surface area contributed by atoms with Gasteiger partial charge in [-0.15, -0.1) is 12.4 Å². The Balaban J connectivity index is 0.00000306. The molecule has 0 saturated carbocycles. The first-order chi connectivity index (χ1) is 15.6. The molecule has 2 atom stereocenters. The number of hydrogen-bond donors (Lipinski definition) is 1. The molecule has 2 aromatic rings. The summed E-state index contributed by atoms with van der Waals surface area (Å²) in [6, 6.07) is 9.33. The van der Waals surface area contributed by atoms with Crippen molar-refractivity contribution in [2.45, 2.75) is 6.42 Å². The number of nitrogens with zero attached hydrogens (tertiary/aromatic N) is 1. The van der Waals surface area contributed by atoms with Gasteiger partial charge in [0, 0.05) is 31.0 Å². The quantitative estimate of drug-likeness (QED) is 0.623. The highest BCUT2D eigenvalue weighted by atomic mass is 35.5. The number of ether oxygens (including phenoxy) is 5. The fraction of sp³-hybridized carbons (Fsp3) is 0.458. The molecule has 2 aliphatic rings. The molecule has 2 heterocycles. The maximum atomic E-state index is 13.5. The number of halogens is 1. The van der Waals surface area contributed by atoms with Crippen molar-refractivity contribution in [2.75, 3.05) is 54.2 Å². The summed E-state index contributed by atoms with van der Waals surface area (Å²) in [5, 5.41) is 0. The molecule has 0 radical (unpaired) electrons. The molecular weight excluding hydrogens is 448 g/mol. The van der Waals surface area contributed by atoms with E-state index in [0.29, 0.717) is 79.0 Å². The number of carbonyl (C=O) groups is 1. The zero-order valence-corrected chi connectivity index (χ0v) is 20.0. The van der Waals surface area contributed by atoms with E-state index in [2.05, 4.69) is 0 Å². The summed E-state index contributed by atoms with van der Waals surface area (Å²) in [6.45, 7) is 3.32. The Hall–Kier alpha value is -2.68. The summed E-state index contributed by atoms with van der Waals surface area (Å²) in [7, 11) is 4.55. The number of likely N-dealkylation sites (tertiary alicyclic amines) is 1. The lowest BCUT2D eigenvalue weighted by molar-refractivity contribution is 0.0747. The van der Waals surface area contributed by atoms with Crippen molar-refractivity contribution in [1.29, 1.82) is 0 Å². The Morgan fingerprint density at radius 1 is 1.00 bits per heavy atom. The maximum absolute atomic E-state index is 13.5. The lowest BCUT2D eigenvalue weighted by atomic mass is 10.0. The second-order valence-electron chi connectivity index (χ2n) is 8.07. The summed E-state index contributed by atoms with van der Waals surface area (Å²) in [6.07, 6.45) is 0.793. The first kappa shape index (κ1) is 25.0. The Morgan fingerprint density at radius 2 is 1.61 bits per heavy atom. The van der Waals surface area contributed by atoms with E-state index >= 15 is 0 Å². The van der Waals surface area contributed by atoms with Crippen LogP contribution in [-0.2, 0) is 11.2 Å². The largest absolute Gasteiger partial charge is 0.492 e. The molecule has 8 nitrogen and oxygen atoms in total. The predicted octanol–water partition coefficient (Wildman–Crippen LogP) is 3.15. The van der Waals surface area contributed by atoms with Crippen molar-refractivity contribution in [2.24, 2.45) is 17.6 Å². The molecule has 9 heteroatoms. The monoisotopic (exact) mass is 478 g/mol. The Bertz CT molecular complexity index is 956. The maximum Gasteiger partial charge on any atom is 0.257 e. The molecule has 2 saturated heterocycles. The SMILES string of the molecule is COc1c(Oc2ccc(CCN)cc2)cc(C(=O)N2C[C@H]3COC[C@H]3C2)c(OC)c1OC.Cl. The topological polar surface area (TPSA) is 92.5 Å². The molecule has 2 fully saturated rings. The number of amides is 1. The highest BCUT2D eigenvalue weighted by Crippen LogP contribution is 2.48. The van der Waals surface area contributed by atoms with E-state index < -0.39 is 0 Å². The van der Waals surface area contributed by atoms with Crippen LogP contribution in [0.4, 0.5) is 0 Å². The van der Waals surface area contributed by atoms with Gasteiger partial charge in [0.25, 0.3) is 5.91 Å². The molecule has 1 amide bonds. The van der Waals surface area contributed by atoms with Gasteiger partial charge in [-0.1, -0.05) is 12.1 Å². The third-order valence-electron chi connectivity index (χ3n) is 6.11. The van der Waals surface area contributed by atoms with Gasteiger partial charge in [0.15, 0.2) is 11.5 Å². The van der Waals surface area contributed by atoms with Gasteiger partial charge in [-0.25, -0.2) is 0 Å². The van der Waals surface area contributed by atoms with Gasteiger partial charge in [0.05, 0.1) is 40.1 Å². The van der Waals surface area contributed by atoms with Gasteiger partial charge in [-0.05, 0) is 30.7 Å². The van der Waals surface area contributed by atoms with E-state index in [1.54, 1.807) is 6.07 Å². The summed E-state index contributed by atoms with van der Waals surface area (Å²) < 4.78 is 28.4. The fourth-order valence-electron chi connectivity index (χ4n) is 4.46. The summed E-state index contributed by atoms with van der Waals surface area (Å²) in [4.78, 5) is 15.3. The zero-order chi connectivity index (χ0) is 22.7. The molecule has 0 aromatic heterocycles. The average Bonchev–Trinajstić information content (AvgIpc) is 3.41. The fourth-order valence-corrected chi connectivity index (χ4v) is 4.46. The third kappa shape index (κ3) is 4.98. The Morgan fingerprint density at radius 3 is 2.15 bits per heavy atom. The average molecular weight is 479 g/mol. The van der Waals surface area contributed by atoms with Crippen molar-refractivity contribution >= 4 is 18.3 Å². The van der Waals surface area contributed by atoms with Crippen LogP contribution in [0, 0.1) is 11.8 Å². The summed E-state index contributed by atoms with van der Waals surface area (Å²) >= 11 is 0. The van der Waals surface area contributed by atoms with Gasteiger partial charge >= 0.3 is 0 Å². The minimum absolute atomic E-state index is 0. The number of rotatable bonds is 8. The molecule has 2 aromatic carbocycles. The second-order valence-corrected chi connectivity index (χ2v) is 8.07. The highest BCUT2D eigenvalue weighted by molar-refractivity contribution is 5.99. The minimum atomic E-state index is -0.125. The summed E-state index contributed by atoms with van der Waals surface area (Å²) in [5.41, 5.74) is 7.13. The molecular formula is C24H31ClN2O6. The molecule has 0 unspecified atom stereocenters. The number of hydrogen-bond acceptors (Lipinski definition) is 7. The number of nitrogens with two attached hydrogens (primary N) is 1. The zero-order valence-electron chi connectivity index (χ0n) is 19.2. The predicted molar refractivity (Wildman–Crippen MR) is 126 cm³/mol. The summed E-state index contributed by atoms with van der Waals surface area (Å²) in [5.74, 6) is 2.64. The Labute approximate surface area is 200 Å². The van der Waals surface area contributed by atoms with Crippen molar-refractivity contribution in [3.8, 4) is 28.7 Å². The molecule has 0 spiro atoms. The molecule has 33 heavy (non-hydrogen) atoms. The van der Waals surface area contributed by atoms with E-state index in [0.717, 1.165) is 12.0 Å². The van der Waals surface area contributed by atoms with Crippen LogP contribution in [-0.4, -0.2) is 65.0 Å². The minimum Gasteiger partial charge on any atom is -0.492 e. The number of fused-ring (bicyclic) bond motifs is 1. The molecule has 0 aliphatic carbocycles. The second kappa shape index (κ2) is 11.0. The first-order valence-electron chi connectivity index (χ1n) is 10.8. The van der Waals surface area contributed by atoms with E-state index in [1.165, 1.54) is 21.3 Å². The highest BCUT2D eigenvalue weighted by Gasteiger charge is 2.40. The van der Waals surface area contributed by atoms with Gasteiger partial charge in [0.1, 0.15) is 5.75 Å². The molecule has 4 rings (SSSR count). The smallest absolute Gasteiger partial charge is 0.257 e. The van der Waals surface area contributed by atoms with Gasteiger partial charge in [-0.3, -0.25) is 4.79 Å². The van der Waals surface area contributed by atoms with Crippen molar-refractivity contribution in [1.82, 2.24) is 4.90 Å². The van der Waals surface area contributed by atoms with Crippen LogP contribution in [0.3, 0.4) is 0 Å². The van der Waals surface area contributed by atoms with Crippen LogP contribution in [0.2, 0.25) is 0 Å². The van der Waals surface area contributed by atoms with Crippen LogP contribution in [0.5, 0.6) is 28.7 Å². The first-order valence-corrected chi connectivity index (χ1v) is 10.8. The van der Waals surface area contributed by atoms with E-state index in [4.69, 9.17) is 29.4 Å². The van der Waals surface area contributed by atoms with E-state index in [9.17, 15) is 4.79 Å². The van der Waals surface area contributed by atoms with E-state index in [1.807, 2.05) is 29.2 Å². The van der Waals surface area contributed by atoms with Crippen molar-refractivity contribution in [3.63, 3.8) is 0 Å². The number of carbonyl (C=O) groups excluding carboxylic acids is 1. The molecule has 2 N–H and O–H groups in total. The molecule has 0 bridgehead atoms. The van der Waals surface area contributed by atoms with Crippen LogP contribution >= 0.6 is 12.4 Å². The van der Waals surface area contributed by atoms with Crippen LogP contribution in [0.15, 0.2) is 30.3 Å². The molecule has 180 valence electrons. The third-order valence-corrected chi connectivity index (χ3v) is 6.11. The molecule has 2 aliphatic heterocycles. The number of methoxy groups -OCH3 is 3. The lowest BCUT2D eigenvalue weighted by Gasteiger charge is -2.22.